The zero-order valence-electron chi connectivity index (χ0n) is 6.78. The van der Waals surface area contributed by atoms with Crippen molar-refractivity contribution in [1.82, 2.24) is 4.98 Å². The average molecular weight is 203 g/mol. The van der Waals surface area contributed by atoms with Gasteiger partial charge in [0.2, 0.25) is 0 Å². The molecule has 0 aliphatic rings. The monoisotopic (exact) mass is 202 g/mol. The molecule has 0 aliphatic carbocycles. The third kappa shape index (κ3) is 2.75. The minimum atomic E-state index is 0. The van der Waals surface area contributed by atoms with Crippen LogP contribution in [0.5, 0.6) is 0 Å². The van der Waals surface area contributed by atoms with Crippen LogP contribution in [-0.4, -0.2) is 9.97 Å². The molecule has 1 aromatic rings. The number of nitrogens with zero attached hydrogens (tertiary/aromatic N) is 1. The van der Waals surface area contributed by atoms with E-state index in [4.69, 9.17) is 18.0 Å². The first kappa shape index (κ1) is 11.3. The molecule has 0 aliphatic heterocycles. The lowest BCUT2D eigenvalue weighted by atomic mass is 10.2. The second-order valence-electron chi connectivity index (χ2n) is 2.25. The summed E-state index contributed by atoms with van der Waals surface area (Å²) in [5.41, 5.74) is 7.36. The predicted octanol–water partition coefficient (Wildman–Crippen LogP) is 1.70. The van der Waals surface area contributed by atoms with Gasteiger partial charge in [-0.25, -0.2) is 0 Å². The fourth-order valence-corrected chi connectivity index (χ4v) is 0.952. The Bertz CT molecular complexity index is 276. The van der Waals surface area contributed by atoms with Crippen LogP contribution in [0.3, 0.4) is 0 Å². The van der Waals surface area contributed by atoms with Crippen LogP contribution in [0.15, 0.2) is 18.3 Å². The lowest BCUT2D eigenvalue weighted by Gasteiger charge is -1.99. The van der Waals surface area contributed by atoms with Crippen molar-refractivity contribution in [3.05, 3.63) is 29.6 Å². The Morgan fingerprint density at radius 3 is 2.83 bits per heavy atom. The van der Waals surface area contributed by atoms with Crippen molar-refractivity contribution in [2.45, 2.75) is 13.3 Å². The van der Waals surface area contributed by atoms with Crippen molar-refractivity contribution in [3.63, 3.8) is 0 Å². The molecule has 0 unspecified atom stereocenters. The Labute approximate surface area is 83.6 Å². The first-order chi connectivity index (χ1) is 5.24. The minimum Gasteiger partial charge on any atom is -0.389 e. The first-order valence-corrected chi connectivity index (χ1v) is 3.89. The van der Waals surface area contributed by atoms with Gasteiger partial charge in [-0.05, 0) is 18.6 Å². The Hall–Kier alpha value is -0.670. The maximum Gasteiger partial charge on any atom is 0.104 e. The van der Waals surface area contributed by atoms with Crippen LogP contribution in [0, 0.1) is 0 Å². The van der Waals surface area contributed by atoms with Crippen molar-refractivity contribution in [2.24, 2.45) is 5.73 Å². The minimum absolute atomic E-state index is 0. The standard InChI is InChI=1S/C8H10N2S.ClH/c1-2-7-5-6(8(9)11)3-4-10-7;/h3-5H,2H2,1H3,(H2,9,11);1H. The van der Waals surface area contributed by atoms with Gasteiger partial charge >= 0.3 is 0 Å². The zero-order chi connectivity index (χ0) is 8.27. The summed E-state index contributed by atoms with van der Waals surface area (Å²) in [5, 5.41) is 0. The Morgan fingerprint density at radius 2 is 2.33 bits per heavy atom. The third-order valence-electron chi connectivity index (χ3n) is 1.46. The average Bonchev–Trinajstić information content (AvgIpc) is 2.05. The van der Waals surface area contributed by atoms with Crippen LogP contribution >= 0.6 is 24.6 Å². The van der Waals surface area contributed by atoms with Crippen LogP contribution in [0.1, 0.15) is 18.2 Å². The van der Waals surface area contributed by atoms with Crippen LogP contribution in [0.4, 0.5) is 0 Å². The van der Waals surface area contributed by atoms with E-state index in [2.05, 4.69) is 4.98 Å². The Kier molecular flexibility index (Phi) is 4.78. The van der Waals surface area contributed by atoms with Crippen LogP contribution in [0.25, 0.3) is 0 Å². The van der Waals surface area contributed by atoms with Crippen LogP contribution in [-0.2, 0) is 6.42 Å². The fraction of sp³-hybridized carbons (Fsp3) is 0.250. The summed E-state index contributed by atoms with van der Waals surface area (Å²) in [6.07, 6.45) is 2.64. The maximum absolute atomic E-state index is 5.44. The summed E-state index contributed by atoms with van der Waals surface area (Å²) in [7, 11) is 0. The Balaban J connectivity index is 0.00000121. The molecular weight excluding hydrogens is 192 g/mol. The van der Waals surface area contributed by atoms with E-state index in [-0.39, 0.29) is 12.4 Å². The lowest BCUT2D eigenvalue weighted by Crippen LogP contribution is -2.09. The van der Waals surface area contributed by atoms with Crippen LogP contribution < -0.4 is 5.73 Å². The first-order valence-electron chi connectivity index (χ1n) is 3.48. The number of pyridine rings is 1. The maximum atomic E-state index is 5.44. The number of hydrogen-bond acceptors (Lipinski definition) is 2. The number of aromatic nitrogens is 1. The molecule has 0 atom stereocenters. The molecule has 0 amide bonds. The Morgan fingerprint density at radius 1 is 1.67 bits per heavy atom. The van der Waals surface area contributed by atoms with Gasteiger partial charge in [0.05, 0.1) is 0 Å². The molecule has 0 spiro atoms. The highest BCUT2D eigenvalue weighted by atomic mass is 35.5. The summed E-state index contributed by atoms with van der Waals surface area (Å²) in [6, 6.07) is 3.74. The number of hydrogen-bond donors (Lipinski definition) is 1. The second kappa shape index (κ2) is 5.06. The largest absolute Gasteiger partial charge is 0.389 e. The summed E-state index contributed by atoms with van der Waals surface area (Å²) in [4.78, 5) is 4.56. The summed E-state index contributed by atoms with van der Waals surface area (Å²) < 4.78 is 0. The van der Waals surface area contributed by atoms with E-state index >= 15 is 0 Å². The van der Waals surface area contributed by atoms with Gasteiger partial charge in [0.1, 0.15) is 4.99 Å². The quantitative estimate of drug-likeness (QED) is 0.743. The van der Waals surface area contributed by atoms with Gasteiger partial charge in [-0.15, -0.1) is 12.4 Å². The molecule has 12 heavy (non-hydrogen) atoms. The molecule has 0 bridgehead atoms. The highest BCUT2D eigenvalue weighted by molar-refractivity contribution is 7.80. The van der Waals surface area contributed by atoms with E-state index in [1.165, 1.54) is 0 Å². The van der Waals surface area contributed by atoms with Crippen molar-refractivity contribution in [3.8, 4) is 0 Å². The van der Waals surface area contributed by atoms with E-state index in [0.717, 1.165) is 17.7 Å². The van der Waals surface area contributed by atoms with Gasteiger partial charge in [-0.2, -0.15) is 0 Å². The van der Waals surface area contributed by atoms with Gasteiger partial charge in [0.25, 0.3) is 0 Å². The molecule has 2 nitrogen and oxygen atoms in total. The molecule has 1 rings (SSSR count). The molecule has 66 valence electrons. The van der Waals surface area contributed by atoms with Crippen molar-refractivity contribution < 1.29 is 0 Å². The molecule has 1 aromatic heterocycles. The van der Waals surface area contributed by atoms with Crippen molar-refractivity contribution in [2.75, 3.05) is 0 Å². The highest BCUT2D eigenvalue weighted by Gasteiger charge is 1.96. The topological polar surface area (TPSA) is 38.9 Å². The second-order valence-corrected chi connectivity index (χ2v) is 2.69. The zero-order valence-corrected chi connectivity index (χ0v) is 8.41. The van der Waals surface area contributed by atoms with E-state index in [1.54, 1.807) is 6.20 Å². The van der Waals surface area contributed by atoms with E-state index < -0.39 is 0 Å². The molecule has 0 saturated carbocycles. The van der Waals surface area contributed by atoms with Gasteiger partial charge < -0.3 is 5.73 Å². The number of thiocarbonyl (C=S) groups is 1. The number of halogens is 1. The highest BCUT2D eigenvalue weighted by Crippen LogP contribution is 2.01. The summed E-state index contributed by atoms with van der Waals surface area (Å²) >= 11 is 4.82. The molecule has 0 saturated heterocycles. The van der Waals surface area contributed by atoms with Gasteiger partial charge in [-0.1, -0.05) is 19.1 Å². The van der Waals surface area contributed by atoms with E-state index in [9.17, 15) is 0 Å². The molecule has 0 fully saturated rings. The van der Waals surface area contributed by atoms with Gasteiger partial charge in [0, 0.05) is 17.5 Å². The molecule has 1 heterocycles. The normalized spacial score (nSPS) is 8.75. The van der Waals surface area contributed by atoms with Crippen molar-refractivity contribution >= 4 is 29.6 Å². The smallest absolute Gasteiger partial charge is 0.104 e. The lowest BCUT2D eigenvalue weighted by molar-refractivity contribution is 1.03. The number of rotatable bonds is 2. The predicted molar refractivity (Wildman–Crippen MR) is 56.8 cm³/mol. The van der Waals surface area contributed by atoms with E-state index in [0.29, 0.717) is 4.99 Å². The third-order valence-corrected chi connectivity index (χ3v) is 1.70. The SMILES string of the molecule is CCc1cc(C(N)=S)ccn1.Cl. The summed E-state index contributed by atoms with van der Waals surface area (Å²) in [6.45, 7) is 2.05. The number of nitrogens with two attached hydrogens (primary N) is 1. The molecular formula is C8H11ClN2S. The number of aryl methyl sites for hydroxylation is 1. The van der Waals surface area contributed by atoms with E-state index in [1.807, 2.05) is 19.1 Å². The van der Waals surface area contributed by atoms with Crippen LogP contribution in [0.2, 0.25) is 0 Å². The molecule has 0 radical (unpaired) electrons. The molecule has 2 N–H and O–H groups in total. The van der Waals surface area contributed by atoms with Crippen molar-refractivity contribution in [1.29, 1.82) is 0 Å². The van der Waals surface area contributed by atoms with Gasteiger partial charge in [-0.3, -0.25) is 4.98 Å². The fourth-order valence-electron chi connectivity index (χ4n) is 0.825. The molecule has 4 heteroatoms. The molecule has 0 aromatic carbocycles. The summed E-state index contributed by atoms with van der Waals surface area (Å²) in [5.74, 6) is 0. The van der Waals surface area contributed by atoms with Gasteiger partial charge in [0.15, 0.2) is 0 Å².